The van der Waals surface area contributed by atoms with Crippen LogP contribution in [-0.4, -0.2) is 47.0 Å². The first kappa shape index (κ1) is 17.9. The summed E-state index contributed by atoms with van der Waals surface area (Å²) in [5.41, 5.74) is 0.785. The topological polar surface area (TPSA) is 79.4 Å². The number of sulfonamides is 1. The predicted octanol–water partition coefficient (Wildman–Crippen LogP) is 2.21. The molecule has 0 spiro atoms. The number of hydrogen-bond donors (Lipinski definition) is 1. The summed E-state index contributed by atoms with van der Waals surface area (Å²) in [7, 11) is -3.36. The van der Waals surface area contributed by atoms with Crippen LogP contribution >= 0.6 is 34.4 Å². The first-order chi connectivity index (χ1) is 11.5. The molecule has 1 atom stereocenters. The van der Waals surface area contributed by atoms with E-state index in [4.69, 9.17) is 0 Å². The molecule has 0 saturated carbocycles. The van der Waals surface area contributed by atoms with Crippen molar-refractivity contribution < 1.29 is 13.2 Å². The van der Waals surface area contributed by atoms with Gasteiger partial charge in [-0.25, -0.2) is 13.4 Å². The normalized spacial score (nSPS) is 18.8. The molecule has 3 heterocycles. The molecule has 1 aliphatic heterocycles. The van der Waals surface area contributed by atoms with Gasteiger partial charge in [-0.05, 0) is 18.4 Å². The van der Waals surface area contributed by atoms with Crippen molar-refractivity contribution in [3.63, 3.8) is 0 Å². The van der Waals surface area contributed by atoms with Crippen LogP contribution in [0.3, 0.4) is 0 Å². The second-order valence-electron chi connectivity index (χ2n) is 5.14. The maximum atomic E-state index is 12.4. The number of amides is 1. The zero-order valence-electron chi connectivity index (χ0n) is 13.0. The van der Waals surface area contributed by atoms with Crippen molar-refractivity contribution in [2.45, 2.75) is 19.5 Å². The number of aromatic nitrogens is 1. The summed E-state index contributed by atoms with van der Waals surface area (Å²) in [4.78, 5) is 18.0. The van der Waals surface area contributed by atoms with Gasteiger partial charge in [-0.15, -0.1) is 34.4 Å². The number of thioether (sulfide) groups is 1. The third-order valence-electron chi connectivity index (χ3n) is 3.59. The van der Waals surface area contributed by atoms with Crippen LogP contribution in [0.4, 0.5) is 0 Å². The smallest absolute Gasteiger partial charge is 0.239 e. The van der Waals surface area contributed by atoms with Gasteiger partial charge in [0.05, 0.1) is 28.7 Å². The highest BCUT2D eigenvalue weighted by atomic mass is 32.2. The molecule has 2 aromatic heterocycles. The molecule has 0 aliphatic carbocycles. The average molecular weight is 404 g/mol. The number of carbonyl (C=O) groups excluding carboxylic acids is 1. The van der Waals surface area contributed by atoms with Gasteiger partial charge in [0.15, 0.2) is 0 Å². The van der Waals surface area contributed by atoms with E-state index < -0.39 is 16.1 Å². The zero-order chi connectivity index (χ0) is 17.2. The molecule has 0 aromatic carbocycles. The van der Waals surface area contributed by atoms with Gasteiger partial charge in [0.1, 0.15) is 11.0 Å². The van der Waals surface area contributed by atoms with Crippen LogP contribution < -0.4 is 5.32 Å². The standard InChI is InChI=1S/C14H17N3O3S4/c1-2-24(19,20)17-9-21-8-11(17)13(18)15-6-10-7-23-14(16-10)12-4-3-5-22-12/h3-5,7,11H,2,6,8-9H2,1H3,(H,15,18). The first-order valence-corrected chi connectivity index (χ1v) is 11.9. The fraction of sp³-hybridized carbons (Fsp3) is 0.429. The lowest BCUT2D eigenvalue weighted by Crippen LogP contribution is -2.47. The summed E-state index contributed by atoms with van der Waals surface area (Å²) in [6.45, 7) is 1.90. The van der Waals surface area contributed by atoms with Crippen LogP contribution in [0.1, 0.15) is 12.6 Å². The molecule has 2 aromatic rings. The van der Waals surface area contributed by atoms with Gasteiger partial charge < -0.3 is 5.32 Å². The molecule has 0 radical (unpaired) electrons. The fourth-order valence-electron chi connectivity index (χ4n) is 2.27. The molecule has 1 aliphatic rings. The van der Waals surface area contributed by atoms with E-state index in [0.29, 0.717) is 18.2 Å². The Balaban J connectivity index is 1.61. The molecular weight excluding hydrogens is 386 g/mol. The highest BCUT2D eigenvalue weighted by Crippen LogP contribution is 2.28. The monoisotopic (exact) mass is 403 g/mol. The first-order valence-electron chi connectivity index (χ1n) is 7.34. The Labute approximate surface area is 153 Å². The Kier molecular flexibility index (Phi) is 5.60. The Bertz CT molecular complexity index is 801. The van der Waals surface area contributed by atoms with Crippen molar-refractivity contribution in [3.8, 4) is 9.88 Å². The molecule has 0 bridgehead atoms. The average Bonchev–Trinajstić information content (AvgIpc) is 3.33. The van der Waals surface area contributed by atoms with Crippen molar-refractivity contribution in [1.29, 1.82) is 0 Å². The summed E-state index contributed by atoms with van der Waals surface area (Å²) in [5, 5.41) is 7.66. The van der Waals surface area contributed by atoms with Gasteiger partial charge >= 0.3 is 0 Å². The van der Waals surface area contributed by atoms with Crippen molar-refractivity contribution in [3.05, 3.63) is 28.6 Å². The largest absolute Gasteiger partial charge is 0.349 e. The maximum Gasteiger partial charge on any atom is 0.239 e. The highest BCUT2D eigenvalue weighted by molar-refractivity contribution is 8.00. The minimum Gasteiger partial charge on any atom is -0.349 e. The van der Waals surface area contributed by atoms with Crippen molar-refractivity contribution in [1.82, 2.24) is 14.6 Å². The molecule has 24 heavy (non-hydrogen) atoms. The van der Waals surface area contributed by atoms with Crippen LogP contribution in [0, 0.1) is 0 Å². The third kappa shape index (κ3) is 3.83. The van der Waals surface area contributed by atoms with Crippen molar-refractivity contribution in [2.24, 2.45) is 0 Å². The van der Waals surface area contributed by atoms with Gasteiger partial charge in [0.2, 0.25) is 15.9 Å². The van der Waals surface area contributed by atoms with E-state index in [1.807, 2.05) is 22.9 Å². The van der Waals surface area contributed by atoms with Gasteiger partial charge in [0.25, 0.3) is 0 Å². The van der Waals surface area contributed by atoms with E-state index in [9.17, 15) is 13.2 Å². The molecule has 1 saturated heterocycles. The quantitative estimate of drug-likeness (QED) is 0.800. The fourth-order valence-corrected chi connectivity index (χ4v) is 6.77. The summed E-state index contributed by atoms with van der Waals surface area (Å²) in [5.74, 6) is 0.576. The van der Waals surface area contributed by atoms with Gasteiger partial charge in [-0.3, -0.25) is 4.79 Å². The number of nitrogens with zero attached hydrogens (tertiary/aromatic N) is 2. The van der Waals surface area contributed by atoms with E-state index in [0.717, 1.165) is 15.6 Å². The van der Waals surface area contributed by atoms with E-state index >= 15 is 0 Å². The van der Waals surface area contributed by atoms with Crippen LogP contribution in [0.25, 0.3) is 9.88 Å². The van der Waals surface area contributed by atoms with Crippen LogP contribution in [0.5, 0.6) is 0 Å². The van der Waals surface area contributed by atoms with Gasteiger partial charge in [-0.1, -0.05) is 6.07 Å². The maximum absolute atomic E-state index is 12.4. The summed E-state index contributed by atoms with van der Waals surface area (Å²) in [6, 6.07) is 3.36. The van der Waals surface area contributed by atoms with Gasteiger partial charge in [0, 0.05) is 11.1 Å². The number of thiophene rings is 1. The minimum absolute atomic E-state index is 0.00754. The lowest BCUT2D eigenvalue weighted by Gasteiger charge is -2.21. The molecule has 1 unspecified atom stereocenters. The molecule has 1 N–H and O–H groups in total. The Morgan fingerprint density at radius 2 is 2.29 bits per heavy atom. The molecule has 1 fully saturated rings. The number of carbonyl (C=O) groups is 1. The van der Waals surface area contributed by atoms with Crippen molar-refractivity contribution >= 4 is 50.4 Å². The van der Waals surface area contributed by atoms with Crippen LogP contribution in [-0.2, 0) is 21.4 Å². The number of thiazole rings is 1. The molecule has 130 valence electrons. The summed E-state index contributed by atoms with van der Waals surface area (Å²) in [6.07, 6.45) is 0. The molecule has 3 rings (SSSR count). The molecule has 10 heteroatoms. The van der Waals surface area contributed by atoms with E-state index in [-0.39, 0.29) is 11.7 Å². The SMILES string of the molecule is CCS(=O)(=O)N1CSCC1C(=O)NCc1csc(-c2cccs2)n1. The predicted molar refractivity (Wildman–Crippen MR) is 99.7 cm³/mol. The van der Waals surface area contributed by atoms with E-state index in [1.165, 1.54) is 27.4 Å². The Morgan fingerprint density at radius 3 is 3.00 bits per heavy atom. The minimum atomic E-state index is -3.36. The van der Waals surface area contributed by atoms with Crippen LogP contribution in [0.15, 0.2) is 22.9 Å². The van der Waals surface area contributed by atoms with Crippen molar-refractivity contribution in [2.75, 3.05) is 17.4 Å². The van der Waals surface area contributed by atoms with E-state index in [2.05, 4.69) is 10.3 Å². The number of hydrogen-bond acceptors (Lipinski definition) is 7. The number of nitrogens with one attached hydrogen (secondary N) is 1. The molecule has 1 amide bonds. The number of rotatable bonds is 6. The molecular formula is C14H17N3O3S4. The third-order valence-corrected chi connectivity index (χ3v) is 8.53. The second-order valence-corrected chi connectivity index (χ2v) is 10.2. The van der Waals surface area contributed by atoms with E-state index in [1.54, 1.807) is 18.3 Å². The lowest BCUT2D eigenvalue weighted by atomic mass is 10.3. The second kappa shape index (κ2) is 7.52. The summed E-state index contributed by atoms with van der Waals surface area (Å²) < 4.78 is 25.4. The Hall–Kier alpha value is -0.940. The Morgan fingerprint density at radius 1 is 1.46 bits per heavy atom. The lowest BCUT2D eigenvalue weighted by molar-refractivity contribution is -0.124. The highest BCUT2D eigenvalue weighted by Gasteiger charge is 2.38. The molecule has 6 nitrogen and oxygen atoms in total. The zero-order valence-corrected chi connectivity index (χ0v) is 16.2. The summed E-state index contributed by atoms with van der Waals surface area (Å²) >= 11 is 4.62. The van der Waals surface area contributed by atoms with Gasteiger partial charge in [-0.2, -0.15) is 4.31 Å². The van der Waals surface area contributed by atoms with Crippen LogP contribution in [0.2, 0.25) is 0 Å².